The molecular formula is C24H32N2O5S. The number of hydrogen-bond donors (Lipinski definition) is 0. The zero-order valence-electron chi connectivity index (χ0n) is 19.2. The van der Waals surface area contributed by atoms with Crippen LogP contribution in [0.15, 0.2) is 35.7 Å². The molecular weight excluding hydrogens is 428 g/mol. The Labute approximate surface area is 193 Å². The largest absolute Gasteiger partial charge is 0.493 e. The van der Waals surface area contributed by atoms with Gasteiger partial charge in [0, 0.05) is 24.6 Å². The summed E-state index contributed by atoms with van der Waals surface area (Å²) >= 11 is 1.71. The highest BCUT2D eigenvalue weighted by Gasteiger charge is 2.34. The van der Waals surface area contributed by atoms with E-state index in [1.165, 1.54) is 12.0 Å². The monoisotopic (exact) mass is 460 g/mol. The van der Waals surface area contributed by atoms with Crippen molar-refractivity contribution < 1.29 is 23.8 Å². The average molecular weight is 461 g/mol. The van der Waals surface area contributed by atoms with E-state index in [1.807, 2.05) is 43.0 Å². The van der Waals surface area contributed by atoms with E-state index in [-0.39, 0.29) is 37.0 Å². The fraction of sp³-hybridized carbons (Fsp3) is 0.500. The molecule has 2 atom stereocenters. The molecule has 1 aliphatic rings. The van der Waals surface area contributed by atoms with E-state index in [1.54, 1.807) is 23.3 Å². The summed E-state index contributed by atoms with van der Waals surface area (Å²) in [6.45, 7) is 4.86. The van der Waals surface area contributed by atoms with E-state index in [4.69, 9.17) is 14.2 Å². The SMILES string of the molecule is CC[C@H](C)N(CC(=O)N1CCc2sccc2[C@@H]1COc1ccccc1OC)C(=O)COC. The molecule has 32 heavy (non-hydrogen) atoms. The quantitative estimate of drug-likeness (QED) is 0.543. The van der Waals surface area contributed by atoms with Crippen LogP contribution in [0.4, 0.5) is 0 Å². The van der Waals surface area contributed by atoms with E-state index in [0.29, 0.717) is 24.7 Å². The summed E-state index contributed by atoms with van der Waals surface area (Å²) in [6, 6.07) is 9.28. The lowest BCUT2D eigenvalue weighted by Crippen LogP contribution is -2.50. The van der Waals surface area contributed by atoms with Gasteiger partial charge in [0.05, 0.1) is 13.2 Å². The van der Waals surface area contributed by atoms with Crippen LogP contribution in [0.5, 0.6) is 11.5 Å². The summed E-state index contributed by atoms with van der Waals surface area (Å²) in [4.78, 5) is 30.7. The molecule has 0 saturated carbocycles. The maximum Gasteiger partial charge on any atom is 0.249 e. The summed E-state index contributed by atoms with van der Waals surface area (Å²) in [5.74, 6) is 1.03. The first-order valence-electron chi connectivity index (χ1n) is 10.9. The van der Waals surface area contributed by atoms with Crippen LogP contribution in [-0.4, -0.2) is 68.2 Å². The van der Waals surface area contributed by atoms with E-state index in [2.05, 4.69) is 11.4 Å². The Morgan fingerprint density at radius 3 is 2.66 bits per heavy atom. The first-order valence-corrected chi connectivity index (χ1v) is 11.8. The van der Waals surface area contributed by atoms with Crippen molar-refractivity contribution in [1.29, 1.82) is 0 Å². The molecule has 0 aliphatic carbocycles. The van der Waals surface area contributed by atoms with Gasteiger partial charge in [0.15, 0.2) is 11.5 Å². The highest BCUT2D eigenvalue weighted by atomic mass is 32.1. The molecule has 2 amide bonds. The molecule has 0 N–H and O–H groups in total. The van der Waals surface area contributed by atoms with Gasteiger partial charge in [-0.2, -0.15) is 0 Å². The number of para-hydroxylation sites is 2. The lowest BCUT2D eigenvalue weighted by Gasteiger charge is -2.38. The van der Waals surface area contributed by atoms with Crippen LogP contribution in [-0.2, 0) is 20.7 Å². The predicted molar refractivity (Wildman–Crippen MR) is 124 cm³/mol. The molecule has 8 heteroatoms. The van der Waals surface area contributed by atoms with Gasteiger partial charge in [-0.3, -0.25) is 9.59 Å². The van der Waals surface area contributed by atoms with E-state index < -0.39 is 0 Å². The molecule has 2 heterocycles. The zero-order chi connectivity index (χ0) is 23.1. The fourth-order valence-corrected chi connectivity index (χ4v) is 4.86. The van der Waals surface area contributed by atoms with Gasteiger partial charge in [0.2, 0.25) is 11.8 Å². The average Bonchev–Trinajstić information content (AvgIpc) is 3.29. The molecule has 0 bridgehead atoms. The predicted octanol–water partition coefficient (Wildman–Crippen LogP) is 3.54. The zero-order valence-corrected chi connectivity index (χ0v) is 20.0. The van der Waals surface area contributed by atoms with Gasteiger partial charge in [0.1, 0.15) is 19.8 Å². The molecule has 0 radical (unpaired) electrons. The number of amides is 2. The number of methoxy groups -OCH3 is 2. The van der Waals surface area contributed by atoms with E-state index in [9.17, 15) is 9.59 Å². The summed E-state index contributed by atoms with van der Waals surface area (Å²) in [5, 5.41) is 2.06. The number of benzene rings is 1. The molecule has 0 saturated heterocycles. The first kappa shape index (κ1) is 24.1. The van der Waals surface area contributed by atoms with Crippen LogP contribution in [0.25, 0.3) is 0 Å². The van der Waals surface area contributed by atoms with Gasteiger partial charge in [0.25, 0.3) is 0 Å². The minimum atomic E-state index is -0.223. The van der Waals surface area contributed by atoms with Crippen molar-refractivity contribution in [2.45, 2.75) is 38.8 Å². The molecule has 2 aromatic rings. The van der Waals surface area contributed by atoms with Crippen molar-refractivity contribution >= 4 is 23.2 Å². The van der Waals surface area contributed by atoms with Crippen molar-refractivity contribution in [2.75, 3.05) is 40.5 Å². The molecule has 0 unspecified atom stereocenters. The van der Waals surface area contributed by atoms with Crippen LogP contribution in [0.2, 0.25) is 0 Å². The minimum Gasteiger partial charge on any atom is -0.493 e. The number of thiophene rings is 1. The highest BCUT2D eigenvalue weighted by molar-refractivity contribution is 7.10. The Hall–Kier alpha value is -2.58. The van der Waals surface area contributed by atoms with Gasteiger partial charge < -0.3 is 24.0 Å². The van der Waals surface area contributed by atoms with Crippen molar-refractivity contribution in [3.8, 4) is 11.5 Å². The van der Waals surface area contributed by atoms with Crippen molar-refractivity contribution in [3.63, 3.8) is 0 Å². The van der Waals surface area contributed by atoms with Crippen molar-refractivity contribution in [2.24, 2.45) is 0 Å². The molecule has 1 aromatic carbocycles. The lowest BCUT2D eigenvalue weighted by atomic mass is 10.00. The van der Waals surface area contributed by atoms with Crippen LogP contribution < -0.4 is 9.47 Å². The van der Waals surface area contributed by atoms with Crippen LogP contribution in [0, 0.1) is 0 Å². The second-order valence-electron chi connectivity index (χ2n) is 7.83. The van der Waals surface area contributed by atoms with Crippen LogP contribution in [0.1, 0.15) is 36.8 Å². The number of carbonyl (C=O) groups is 2. The Kier molecular flexibility index (Phi) is 8.53. The van der Waals surface area contributed by atoms with E-state index >= 15 is 0 Å². The Morgan fingerprint density at radius 2 is 1.97 bits per heavy atom. The lowest BCUT2D eigenvalue weighted by molar-refractivity contribution is -0.146. The number of fused-ring (bicyclic) bond motifs is 1. The Bertz CT molecular complexity index is 915. The number of hydrogen-bond acceptors (Lipinski definition) is 6. The number of carbonyl (C=O) groups excluding carboxylic acids is 2. The first-order chi connectivity index (χ1) is 15.5. The maximum absolute atomic E-state index is 13.4. The topological polar surface area (TPSA) is 68.3 Å². The van der Waals surface area contributed by atoms with E-state index in [0.717, 1.165) is 18.4 Å². The van der Waals surface area contributed by atoms with Crippen LogP contribution >= 0.6 is 11.3 Å². The third-order valence-corrected chi connectivity index (χ3v) is 6.89. The number of nitrogens with zero attached hydrogens (tertiary/aromatic N) is 2. The fourth-order valence-electron chi connectivity index (χ4n) is 3.93. The summed E-state index contributed by atoms with van der Waals surface area (Å²) < 4.78 is 16.5. The molecule has 0 fully saturated rings. The second kappa shape index (κ2) is 11.3. The van der Waals surface area contributed by atoms with Crippen molar-refractivity contribution in [1.82, 2.24) is 9.80 Å². The second-order valence-corrected chi connectivity index (χ2v) is 8.83. The van der Waals surface area contributed by atoms with Gasteiger partial charge in [-0.15, -0.1) is 11.3 Å². The van der Waals surface area contributed by atoms with Gasteiger partial charge in [-0.25, -0.2) is 0 Å². The molecule has 174 valence electrons. The van der Waals surface area contributed by atoms with Crippen LogP contribution in [0.3, 0.4) is 0 Å². The number of ether oxygens (including phenoxy) is 3. The van der Waals surface area contributed by atoms with Gasteiger partial charge in [-0.1, -0.05) is 19.1 Å². The van der Waals surface area contributed by atoms with Gasteiger partial charge >= 0.3 is 0 Å². The minimum absolute atomic E-state index is 0.0296. The summed E-state index contributed by atoms with van der Waals surface area (Å²) in [7, 11) is 3.10. The third kappa shape index (κ3) is 5.42. The summed E-state index contributed by atoms with van der Waals surface area (Å²) in [6.07, 6.45) is 1.57. The normalized spacial score (nSPS) is 16.2. The smallest absolute Gasteiger partial charge is 0.249 e. The third-order valence-electron chi connectivity index (χ3n) is 5.90. The highest BCUT2D eigenvalue weighted by Crippen LogP contribution is 2.35. The van der Waals surface area contributed by atoms with Crippen molar-refractivity contribution in [3.05, 3.63) is 46.2 Å². The molecule has 1 aromatic heterocycles. The maximum atomic E-state index is 13.4. The Balaban J connectivity index is 1.80. The summed E-state index contributed by atoms with van der Waals surface area (Å²) in [5.41, 5.74) is 1.11. The molecule has 3 rings (SSSR count). The standard InChI is InChI=1S/C24H32N2O5S/c1-5-17(2)26(24(28)16-29-3)14-23(27)25-12-10-22-18(11-13-32-22)19(25)15-31-21-9-7-6-8-20(21)30-4/h6-9,11,13,17,19H,5,10,12,14-16H2,1-4H3/t17-,19-/m0/s1. The molecule has 1 aliphatic heterocycles. The molecule has 0 spiro atoms. The number of rotatable bonds is 10. The Morgan fingerprint density at radius 1 is 1.22 bits per heavy atom. The molecule has 7 nitrogen and oxygen atoms in total. The van der Waals surface area contributed by atoms with Gasteiger partial charge in [-0.05, 0) is 48.9 Å².